The maximum absolute atomic E-state index is 12.7. The first-order valence-electron chi connectivity index (χ1n) is 9.37. The number of nitrogens with zero attached hydrogens (tertiary/aromatic N) is 1. The van der Waals surface area contributed by atoms with Gasteiger partial charge in [-0.25, -0.2) is 4.79 Å². The van der Waals surface area contributed by atoms with Crippen LogP contribution in [0.2, 0.25) is 0 Å². The highest BCUT2D eigenvalue weighted by Gasteiger charge is 2.30. The maximum Gasteiger partial charge on any atom is 0.416 e. The van der Waals surface area contributed by atoms with Crippen LogP contribution in [0.1, 0.15) is 29.5 Å². The molecule has 0 unspecified atom stereocenters. The Morgan fingerprint density at radius 1 is 1.00 bits per heavy atom. The predicted molar refractivity (Wildman–Crippen MR) is 102 cm³/mol. The number of nitrogens with one attached hydrogen (secondary N) is 2. The minimum absolute atomic E-state index is 0.0581. The van der Waals surface area contributed by atoms with Crippen molar-refractivity contribution in [2.45, 2.75) is 38.1 Å². The summed E-state index contributed by atoms with van der Waals surface area (Å²) in [6.07, 6.45) is -2.68. The van der Waals surface area contributed by atoms with Crippen molar-refractivity contribution >= 4 is 6.03 Å². The smallest absolute Gasteiger partial charge is 0.335 e. The summed E-state index contributed by atoms with van der Waals surface area (Å²) in [7, 11) is 0. The monoisotopic (exact) mass is 391 g/mol. The molecule has 0 saturated carbocycles. The number of amides is 2. The average Bonchev–Trinajstić information content (AvgIpc) is 2.68. The van der Waals surface area contributed by atoms with Gasteiger partial charge in [-0.1, -0.05) is 42.5 Å². The van der Waals surface area contributed by atoms with Crippen LogP contribution in [0, 0.1) is 0 Å². The number of hydrogen-bond acceptors (Lipinski definition) is 2. The fourth-order valence-electron chi connectivity index (χ4n) is 3.35. The van der Waals surface area contributed by atoms with Crippen LogP contribution < -0.4 is 10.6 Å². The highest BCUT2D eigenvalue weighted by atomic mass is 19.4. The first-order chi connectivity index (χ1) is 13.4. The molecule has 0 bridgehead atoms. The van der Waals surface area contributed by atoms with Crippen molar-refractivity contribution in [2.75, 3.05) is 13.1 Å². The van der Waals surface area contributed by atoms with Crippen LogP contribution in [-0.4, -0.2) is 30.1 Å². The number of piperidine rings is 1. The molecule has 2 N–H and O–H groups in total. The molecule has 0 radical (unpaired) electrons. The van der Waals surface area contributed by atoms with Gasteiger partial charge in [0.2, 0.25) is 0 Å². The van der Waals surface area contributed by atoms with Gasteiger partial charge in [-0.15, -0.1) is 0 Å². The summed E-state index contributed by atoms with van der Waals surface area (Å²) in [6.45, 7) is 2.75. The predicted octanol–water partition coefficient (Wildman–Crippen LogP) is 4.17. The van der Waals surface area contributed by atoms with Gasteiger partial charge >= 0.3 is 12.2 Å². The van der Waals surface area contributed by atoms with E-state index in [9.17, 15) is 18.0 Å². The minimum Gasteiger partial charge on any atom is -0.335 e. The number of rotatable bonds is 5. The lowest BCUT2D eigenvalue weighted by atomic mass is 10.0. The third-order valence-corrected chi connectivity index (χ3v) is 4.88. The zero-order chi connectivity index (χ0) is 20.0. The number of likely N-dealkylation sites (tertiary alicyclic amines) is 1. The number of carbonyl (C=O) groups excluding carboxylic acids is 1. The van der Waals surface area contributed by atoms with E-state index in [1.165, 1.54) is 11.6 Å². The summed E-state index contributed by atoms with van der Waals surface area (Å²) < 4.78 is 38.2. The molecule has 0 aliphatic carbocycles. The molecule has 2 aromatic carbocycles. The quantitative estimate of drug-likeness (QED) is 0.804. The molecule has 3 rings (SSSR count). The van der Waals surface area contributed by atoms with E-state index in [4.69, 9.17) is 0 Å². The number of alkyl halides is 3. The Morgan fingerprint density at radius 3 is 2.36 bits per heavy atom. The molecule has 1 saturated heterocycles. The van der Waals surface area contributed by atoms with Crippen LogP contribution in [0.4, 0.5) is 18.0 Å². The third-order valence-electron chi connectivity index (χ3n) is 4.88. The molecule has 0 spiro atoms. The Hall–Kier alpha value is -2.54. The van der Waals surface area contributed by atoms with Crippen molar-refractivity contribution in [1.29, 1.82) is 0 Å². The zero-order valence-corrected chi connectivity index (χ0v) is 15.5. The lowest BCUT2D eigenvalue weighted by Crippen LogP contribution is -2.47. The molecular formula is C21H24F3N3O. The molecule has 4 nitrogen and oxygen atoms in total. The second kappa shape index (κ2) is 9.10. The van der Waals surface area contributed by atoms with Gasteiger partial charge in [0.05, 0.1) is 5.56 Å². The summed E-state index contributed by atoms with van der Waals surface area (Å²) in [5, 5.41) is 5.56. The molecule has 0 aromatic heterocycles. The fraction of sp³-hybridized carbons (Fsp3) is 0.381. The second-order valence-electron chi connectivity index (χ2n) is 7.06. The van der Waals surface area contributed by atoms with E-state index in [1.807, 2.05) is 18.2 Å². The normalized spacial score (nSPS) is 16.0. The topological polar surface area (TPSA) is 44.4 Å². The highest BCUT2D eigenvalue weighted by molar-refractivity contribution is 5.74. The summed E-state index contributed by atoms with van der Waals surface area (Å²) in [6, 6.07) is 15.0. The average molecular weight is 391 g/mol. The van der Waals surface area contributed by atoms with E-state index in [2.05, 4.69) is 27.7 Å². The Labute approximate surface area is 162 Å². The standard InChI is InChI=1S/C21H24F3N3O/c22-21(23,24)18-8-4-7-17(13-18)14-25-20(28)26-19-9-11-27(12-10-19)15-16-5-2-1-3-6-16/h1-8,13,19H,9-12,14-15H2,(H2,25,26,28). The van der Waals surface area contributed by atoms with Gasteiger partial charge < -0.3 is 10.6 Å². The molecule has 2 aromatic rings. The van der Waals surface area contributed by atoms with Crippen LogP contribution in [0.25, 0.3) is 0 Å². The Morgan fingerprint density at radius 2 is 1.68 bits per heavy atom. The van der Waals surface area contributed by atoms with Crippen LogP contribution in [-0.2, 0) is 19.3 Å². The molecule has 1 heterocycles. The Balaban J connectivity index is 1.40. The van der Waals surface area contributed by atoms with Gasteiger partial charge in [-0.3, -0.25) is 4.90 Å². The Bertz CT molecular complexity index is 772. The van der Waals surface area contributed by atoms with Crippen molar-refractivity contribution in [3.05, 3.63) is 71.3 Å². The fourth-order valence-corrected chi connectivity index (χ4v) is 3.35. The van der Waals surface area contributed by atoms with Gasteiger partial charge in [-0.05, 0) is 36.1 Å². The SMILES string of the molecule is O=C(NCc1cccc(C(F)(F)F)c1)NC1CCN(Cc2ccccc2)CC1. The van der Waals surface area contributed by atoms with Crippen LogP contribution in [0.5, 0.6) is 0 Å². The molecule has 1 fully saturated rings. The van der Waals surface area contributed by atoms with Gasteiger partial charge in [0, 0.05) is 32.2 Å². The number of carbonyl (C=O) groups is 1. The minimum atomic E-state index is -4.38. The summed E-state index contributed by atoms with van der Waals surface area (Å²) >= 11 is 0. The molecule has 1 aliphatic rings. The molecule has 1 aliphatic heterocycles. The zero-order valence-electron chi connectivity index (χ0n) is 15.5. The van der Waals surface area contributed by atoms with E-state index in [0.29, 0.717) is 5.56 Å². The third kappa shape index (κ3) is 5.99. The van der Waals surface area contributed by atoms with Gasteiger partial charge in [0.1, 0.15) is 0 Å². The highest BCUT2D eigenvalue weighted by Crippen LogP contribution is 2.29. The van der Waals surface area contributed by atoms with Crippen molar-refractivity contribution in [2.24, 2.45) is 0 Å². The van der Waals surface area contributed by atoms with E-state index in [1.54, 1.807) is 6.07 Å². The molecule has 2 amide bonds. The Kier molecular flexibility index (Phi) is 6.57. The van der Waals surface area contributed by atoms with Gasteiger partial charge in [0.15, 0.2) is 0 Å². The van der Waals surface area contributed by atoms with E-state index in [0.717, 1.165) is 44.6 Å². The van der Waals surface area contributed by atoms with Crippen LogP contribution in [0.15, 0.2) is 54.6 Å². The van der Waals surface area contributed by atoms with Gasteiger partial charge in [-0.2, -0.15) is 13.2 Å². The summed E-state index contributed by atoms with van der Waals surface area (Å²) in [4.78, 5) is 14.4. The van der Waals surface area contributed by atoms with Crippen molar-refractivity contribution in [1.82, 2.24) is 15.5 Å². The maximum atomic E-state index is 12.7. The molecule has 7 heteroatoms. The van der Waals surface area contributed by atoms with Crippen molar-refractivity contribution < 1.29 is 18.0 Å². The van der Waals surface area contributed by atoms with E-state index < -0.39 is 11.7 Å². The number of hydrogen-bond donors (Lipinski definition) is 2. The summed E-state index contributed by atoms with van der Waals surface area (Å²) in [5.74, 6) is 0. The first-order valence-corrected chi connectivity index (χ1v) is 9.37. The summed E-state index contributed by atoms with van der Waals surface area (Å²) in [5.41, 5.74) is 0.980. The molecule has 150 valence electrons. The van der Waals surface area contributed by atoms with E-state index >= 15 is 0 Å². The largest absolute Gasteiger partial charge is 0.416 e. The number of halogens is 3. The first kappa shape index (κ1) is 20.2. The molecule has 0 atom stereocenters. The lowest BCUT2D eigenvalue weighted by molar-refractivity contribution is -0.137. The van der Waals surface area contributed by atoms with Crippen molar-refractivity contribution in [3.8, 4) is 0 Å². The number of benzene rings is 2. The van der Waals surface area contributed by atoms with Crippen molar-refractivity contribution in [3.63, 3.8) is 0 Å². The molecule has 28 heavy (non-hydrogen) atoms. The van der Waals surface area contributed by atoms with Crippen LogP contribution in [0.3, 0.4) is 0 Å². The van der Waals surface area contributed by atoms with Crippen LogP contribution >= 0.6 is 0 Å². The lowest BCUT2D eigenvalue weighted by Gasteiger charge is -2.32. The van der Waals surface area contributed by atoms with E-state index in [-0.39, 0.29) is 18.6 Å². The number of urea groups is 1. The van der Waals surface area contributed by atoms with Gasteiger partial charge in [0.25, 0.3) is 0 Å². The molecular weight excluding hydrogens is 367 g/mol. The second-order valence-corrected chi connectivity index (χ2v) is 7.06.